The maximum Gasteiger partial charge on any atom is 0.416 e. The van der Waals surface area contributed by atoms with Crippen LogP contribution in [0.4, 0.5) is 29.1 Å². The SMILES string of the molecule is CCNc1c(-c2cc(C)cc(C(F)(F)F)c2)nc2c(C(=O)Nc3ccc(F)cc3)c[nH]n12.O=C=O. The molecule has 0 fully saturated rings. The molecule has 0 aliphatic carbocycles. The highest BCUT2D eigenvalue weighted by Gasteiger charge is 2.32. The van der Waals surface area contributed by atoms with Crippen LogP contribution < -0.4 is 10.6 Å². The van der Waals surface area contributed by atoms with Gasteiger partial charge in [-0.25, -0.2) is 13.9 Å². The van der Waals surface area contributed by atoms with Gasteiger partial charge >= 0.3 is 12.3 Å². The Hall–Kier alpha value is -4.44. The topological polar surface area (TPSA) is 108 Å². The number of alkyl halides is 3. The molecule has 0 aliphatic rings. The molecule has 4 rings (SSSR count). The van der Waals surface area contributed by atoms with E-state index in [4.69, 9.17) is 9.59 Å². The number of imidazole rings is 1. The van der Waals surface area contributed by atoms with Crippen molar-refractivity contribution in [1.82, 2.24) is 14.6 Å². The Kier molecular flexibility index (Phi) is 7.36. The maximum absolute atomic E-state index is 13.3. The maximum atomic E-state index is 13.3. The van der Waals surface area contributed by atoms with E-state index in [1.54, 1.807) is 13.0 Å². The van der Waals surface area contributed by atoms with Crippen LogP contribution in [0.15, 0.2) is 48.7 Å². The number of nitrogens with one attached hydrogen (secondary N) is 3. The summed E-state index contributed by atoms with van der Waals surface area (Å²) in [7, 11) is 0. The highest BCUT2D eigenvalue weighted by Crippen LogP contribution is 2.36. The molecule has 0 bridgehead atoms. The summed E-state index contributed by atoms with van der Waals surface area (Å²) in [5.41, 5.74) is 1.03. The fourth-order valence-corrected chi connectivity index (χ4v) is 3.43. The third kappa shape index (κ3) is 5.56. The van der Waals surface area contributed by atoms with E-state index in [2.05, 4.69) is 20.7 Å². The van der Waals surface area contributed by atoms with Crippen molar-refractivity contribution in [2.75, 3.05) is 17.2 Å². The summed E-state index contributed by atoms with van der Waals surface area (Å²) in [6, 6.07) is 8.99. The molecule has 0 spiro atoms. The molecule has 3 N–H and O–H groups in total. The molecule has 0 unspecified atom stereocenters. The lowest BCUT2D eigenvalue weighted by Gasteiger charge is -2.11. The number of hydrogen-bond acceptors (Lipinski definition) is 5. The second-order valence-corrected chi connectivity index (χ2v) is 7.32. The van der Waals surface area contributed by atoms with Gasteiger partial charge in [-0.2, -0.15) is 22.8 Å². The third-order valence-corrected chi connectivity index (χ3v) is 4.83. The largest absolute Gasteiger partial charge is 0.416 e. The second-order valence-electron chi connectivity index (χ2n) is 7.32. The van der Waals surface area contributed by atoms with Gasteiger partial charge in [-0.1, -0.05) is 0 Å². The van der Waals surface area contributed by atoms with Gasteiger partial charge in [-0.3, -0.25) is 9.89 Å². The van der Waals surface area contributed by atoms with Gasteiger partial charge in [0.05, 0.1) is 5.56 Å². The second kappa shape index (κ2) is 10.2. The average Bonchev–Trinajstić information content (AvgIpc) is 3.35. The number of amides is 1. The van der Waals surface area contributed by atoms with E-state index in [0.717, 1.165) is 12.1 Å². The van der Waals surface area contributed by atoms with Crippen LogP contribution in [0.1, 0.15) is 28.4 Å². The fraction of sp³-hybridized carbons (Fsp3) is 0.174. The number of rotatable bonds is 5. The van der Waals surface area contributed by atoms with Gasteiger partial charge in [0, 0.05) is 24.0 Å². The van der Waals surface area contributed by atoms with Gasteiger partial charge < -0.3 is 10.6 Å². The average molecular weight is 489 g/mol. The molecule has 2 heterocycles. The molecule has 1 amide bonds. The number of halogens is 4. The van der Waals surface area contributed by atoms with Crippen molar-refractivity contribution in [2.24, 2.45) is 0 Å². The number of fused-ring (bicyclic) bond motifs is 1. The van der Waals surface area contributed by atoms with Crippen molar-refractivity contribution in [3.63, 3.8) is 0 Å². The summed E-state index contributed by atoms with van der Waals surface area (Å²) in [5, 5.41) is 8.67. The van der Waals surface area contributed by atoms with Gasteiger partial charge in [0.1, 0.15) is 17.1 Å². The number of anilines is 2. The van der Waals surface area contributed by atoms with Crippen LogP contribution in [0, 0.1) is 12.7 Å². The normalized spacial score (nSPS) is 10.9. The minimum Gasteiger partial charge on any atom is -0.368 e. The van der Waals surface area contributed by atoms with Crippen molar-refractivity contribution < 1.29 is 31.9 Å². The molecule has 182 valence electrons. The molecule has 8 nitrogen and oxygen atoms in total. The number of nitrogens with zero attached hydrogens (tertiary/aromatic N) is 2. The molecular weight excluding hydrogens is 470 g/mol. The molecule has 0 saturated heterocycles. The van der Waals surface area contributed by atoms with E-state index < -0.39 is 23.5 Å². The van der Waals surface area contributed by atoms with E-state index in [9.17, 15) is 22.4 Å². The lowest BCUT2D eigenvalue weighted by atomic mass is 10.0. The van der Waals surface area contributed by atoms with Crippen LogP contribution >= 0.6 is 0 Å². The van der Waals surface area contributed by atoms with Crippen LogP contribution in [0.2, 0.25) is 0 Å². The quantitative estimate of drug-likeness (QED) is 0.346. The van der Waals surface area contributed by atoms with Gasteiger partial charge in [-0.15, -0.1) is 0 Å². The number of benzene rings is 2. The summed E-state index contributed by atoms with van der Waals surface area (Å²) < 4.78 is 54.6. The van der Waals surface area contributed by atoms with E-state index >= 15 is 0 Å². The van der Waals surface area contributed by atoms with Crippen LogP contribution in [0.3, 0.4) is 0 Å². The zero-order valence-electron chi connectivity index (χ0n) is 18.5. The predicted molar refractivity (Wildman–Crippen MR) is 118 cm³/mol. The van der Waals surface area contributed by atoms with Gasteiger partial charge in [0.15, 0.2) is 11.5 Å². The number of aromatic nitrogens is 3. The zero-order valence-corrected chi connectivity index (χ0v) is 18.5. The molecule has 2 aromatic heterocycles. The van der Waals surface area contributed by atoms with Crippen molar-refractivity contribution >= 4 is 29.2 Å². The smallest absolute Gasteiger partial charge is 0.368 e. The van der Waals surface area contributed by atoms with Crippen LogP contribution in [-0.4, -0.2) is 33.2 Å². The summed E-state index contributed by atoms with van der Waals surface area (Å²) >= 11 is 0. The Morgan fingerprint density at radius 3 is 2.40 bits per heavy atom. The van der Waals surface area contributed by atoms with Gasteiger partial charge in [0.25, 0.3) is 5.91 Å². The molecule has 4 aromatic rings. The molecule has 2 aromatic carbocycles. The Bertz CT molecular complexity index is 1380. The lowest BCUT2D eigenvalue weighted by Crippen LogP contribution is -2.11. The van der Waals surface area contributed by atoms with E-state index in [0.29, 0.717) is 23.6 Å². The molecular formula is C23H19F4N5O3. The Labute approximate surface area is 196 Å². The third-order valence-electron chi connectivity index (χ3n) is 4.83. The first-order valence-electron chi connectivity index (χ1n) is 10.2. The van der Waals surface area contributed by atoms with E-state index in [-0.39, 0.29) is 28.6 Å². The van der Waals surface area contributed by atoms with Gasteiger partial charge in [0.2, 0.25) is 0 Å². The fourth-order valence-electron chi connectivity index (χ4n) is 3.43. The number of H-pyrrole nitrogens is 1. The minimum absolute atomic E-state index is 0.184. The molecule has 35 heavy (non-hydrogen) atoms. The minimum atomic E-state index is -4.50. The first kappa shape index (κ1) is 25.2. The number of carbonyl (C=O) groups excluding carboxylic acids is 3. The molecule has 12 heteroatoms. The molecule has 0 saturated carbocycles. The molecule has 0 radical (unpaired) electrons. The number of aryl methyl sites for hydroxylation is 1. The first-order chi connectivity index (χ1) is 16.6. The standard InChI is InChI=1S/C22H19F4N5O.CO2/c1-3-27-20-18(13-8-12(2)9-14(10-13)22(24,25)26)30-19-17(11-28-31(19)20)21(32)29-16-6-4-15(23)5-7-16;2-1-3/h4-11,27-28H,3H2,1-2H3,(H,29,32);. The Balaban J connectivity index is 0.00000108. The first-order valence-corrected chi connectivity index (χ1v) is 10.2. The van der Waals surface area contributed by atoms with Crippen LogP contribution in [0.5, 0.6) is 0 Å². The Morgan fingerprint density at radius 2 is 1.80 bits per heavy atom. The monoisotopic (exact) mass is 489 g/mol. The van der Waals surface area contributed by atoms with Crippen LogP contribution in [-0.2, 0) is 15.8 Å². The van der Waals surface area contributed by atoms with Crippen LogP contribution in [0.25, 0.3) is 16.9 Å². The number of carbonyl (C=O) groups is 1. The number of aromatic amines is 1. The highest BCUT2D eigenvalue weighted by molar-refractivity contribution is 6.08. The van der Waals surface area contributed by atoms with Crippen molar-refractivity contribution in [2.45, 2.75) is 20.0 Å². The summed E-state index contributed by atoms with van der Waals surface area (Å²) in [5.74, 6) is -0.499. The molecule has 0 aliphatic heterocycles. The summed E-state index contributed by atoms with van der Waals surface area (Å²) in [4.78, 5) is 33.5. The van der Waals surface area contributed by atoms with E-state index in [1.807, 2.05) is 6.92 Å². The van der Waals surface area contributed by atoms with Gasteiger partial charge in [-0.05, 0) is 61.9 Å². The van der Waals surface area contributed by atoms with Crippen molar-refractivity contribution in [3.8, 4) is 11.3 Å². The van der Waals surface area contributed by atoms with E-state index in [1.165, 1.54) is 35.0 Å². The van der Waals surface area contributed by atoms with Crippen molar-refractivity contribution in [3.05, 3.63) is 71.2 Å². The highest BCUT2D eigenvalue weighted by atomic mass is 19.4. The lowest BCUT2D eigenvalue weighted by molar-refractivity contribution is -0.191. The predicted octanol–water partition coefficient (Wildman–Crippen LogP) is 4.90. The Morgan fingerprint density at radius 1 is 1.14 bits per heavy atom. The number of hydrogen-bond donors (Lipinski definition) is 3. The van der Waals surface area contributed by atoms with Crippen molar-refractivity contribution in [1.29, 1.82) is 0 Å². The summed E-state index contributed by atoms with van der Waals surface area (Å²) in [6.45, 7) is 3.90. The zero-order chi connectivity index (χ0) is 25.8. The summed E-state index contributed by atoms with van der Waals surface area (Å²) in [6.07, 6.45) is -2.80. The molecule has 0 atom stereocenters.